The third kappa shape index (κ3) is 3.65. The van der Waals surface area contributed by atoms with Gasteiger partial charge in [0, 0.05) is 37.6 Å². The van der Waals surface area contributed by atoms with Crippen LogP contribution >= 0.6 is 22.9 Å². The van der Waals surface area contributed by atoms with E-state index in [-0.39, 0.29) is 0 Å². The van der Waals surface area contributed by atoms with Crippen molar-refractivity contribution >= 4 is 22.9 Å². The van der Waals surface area contributed by atoms with Gasteiger partial charge in [-0.2, -0.15) is 0 Å². The summed E-state index contributed by atoms with van der Waals surface area (Å²) in [6.07, 6.45) is 0.0695. The molecule has 0 aliphatic carbocycles. The molecule has 17 heavy (non-hydrogen) atoms. The molecule has 2 heterocycles. The van der Waals surface area contributed by atoms with Crippen LogP contribution in [0.3, 0.4) is 0 Å². The fraction of sp³-hybridized carbons (Fsp3) is 0.667. The van der Waals surface area contributed by atoms with Crippen LogP contribution in [0.5, 0.6) is 0 Å². The second kappa shape index (κ2) is 6.14. The van der Waals surface area contributed by atoms with Gasteiger partial charge in [-0.3, -0.25) is 4.90 Å². The smallest absolute Gasteiger partial charge is 0.114 e. The normalized spacial score (nSPS) is 21.2. The standard InChI is InChI=1S/C12H18ClFN2S/c1-9-8-17-11(12(9)13)6-15-3-5-16-4-2-10(14)7-16/h8,10,15H,2-7H2,1H3. The summed E-state index contributed by atoms with van der Waals surface area (Å²) >= 11 is 7.84. The van der Waals surface area contributed by atoms with E-state index in [4.69, 9.17) is 11.6 Å². The quantitative estimate of drug-likeness (QED) is 0.832. The zero-order valence-corrected chi connectivity index (χ0v) is 11.6. The first kappa shape index (κ1) is 13.3. The van der Waals surface area contributed by atoms with Crippen LogP contribution in [0.1, 0.15) is 16.9 Å². The molecule has 1 fully saturated rings. The number of likely N-dealkylation sites (tertiary alicyclic amines) is 1. The zero-order chi connectivity index (χ0) is 12.3. The Morgan fingerprint density at radius 1 is 1.65 bits per heavy atom. The van der Waals surface area contributed by atoms with E-state index in [2.05, 4.69) is 15.6 Å². The van der Waals surface area contributed by atoms with E-state index in [9.17, 15) is 4.39 Å². The van der Waals surface area contributed by atoms with Crippen molar-refractivity contribution in [1.82, 2.24) is 10.2 Å². The SMILES string of the molecule is Cc1csc(CNCCN2CCC(F)C2)c1Cl. The van der Waals surface area contributed by atoms with Gasteiger partial charge in [0.15, 0.2) is 0 Å². The van der Waals surface area contributed by atoms with Gasteiger partial charge in [0.1, 0.15) is 6.17 Å². The fourth-order valence-corrected chi connectivity index (χ4v) is 3.24. The van der Waals surface area contributed by atoms with Crippen LogP contribution in [0.15, 0.2) is 5.38 Å². The predicted molar refractivity (Wildman–Crippen MR) is 71.7 cm³/mol. The predicted octanol–water partition coefficient (Wildman–Crippen LogP) is 2.84. The minimum atomic E-state index is -0.621. The van der Waals surface area contributed by atoms with Crippen molar-refractivity contribution in [2.75, 3.05) is 26.2 Å². The molecule has 1 aromatic heterocycles. The van der Waals surface area contributed by atoms with E-state index >= 15 is 0 Å². The summed E-state index contributed by atoms with van der Waals surface area (Å²) in [7, 11) is 0. The Bertz CT molecular complexity index is 369. The molecule has 0 bridgehead atoms. The van der Waals surface area contributed by atoms with E-state index in [1.807, 2.05) is 6.92 Å². The van der Waals surface area contributed by atoms with Crippen molar-refractivity contribution in [3.63, 3.8) is 0 Å². The maximum Gasteiger partial charge on any atom is 0.114 e. The topological polar surface area (TPSA) is 15.3 Å². The van der Waals surface area contributed by atoms with Crippen molar-refractivity contribution in [2.45, 2.75) is 26.1 Å². The van der Waals surface area contributed by atoms with Crippen molar-refractivity contribution < 1.29 is 4.39 Å². The number of alkyl halides is 1. The minimum Gasteiger partial charge on any atom is -0.311 e. The van der Waals surface area contributed by atoms with Gasteiger partial charge in [-0.05, 0) is 24.3 Å². The van der Waals surface area contributed by atoms with E-state index in [0.717, 1.165) is 36.8 Å². The van der Waals surface area contributed by atoms with Crippen LogP contribution in [-0.4, -0.2) is 37.3 Å². The fourth-order valence-electron chi connectivity index (χ4n) is 2.03. The molecule has 1 saturated heterocycles. The summed E-state index contributed by atoms with van der Waals surface area (Å²) < 4.78 is 12.9. The van der Waals surface area contributed by atoms with Gasteiger partial charge in [-0.15, -0.1) is 11.3 Å². The van der Waals surface area contributed by atoms with E-state index in [0.29, 0.717) is 13.0 Å². The van der Waals surface area contributed by atoms with Crippen molar-refractivity contribution in [3.8, 4) is 0 Å². The molecule has 1 unspecified atom stereocenters. The van der Waals surface area contributed by atoms with Crippen LogP contribution in [0.4, 0.5) is 4.39 Å². The first-order valence-corrected chi connectivity index (χ1v) is 7.22. The van der Waals surface area contributed by atoms with Crippen molar-refractivity contribution in [3.05, 3.63) is 20.8 Å². The monoisotopic (exact) mass is 276 g/mol. The molecule has 0 amide bonds. The molecule has 5 heteroatoms. The molecule has 1 aliphatic heterocycles. The summed E-state index contributed by atoms with van der Waals surface area (Å²) in [5.41, 5.74) is 1.15. The van der Waals surface area contributed by atoms with Crippen molar-refractivity contribution in [2.24, 2.45) is 0 Å². The lowest BCUT2D eigenvalue weighted by Crippen LogP contribution is -2.30. The maximum atomic E-state index is 12.9. The molecule has 0 aromatic carbocycles. The Hall–Kier alpha value is -0.160. The number of nitrogens with one attached hydrogen (secondary N) is 1. The highest BCUT2D eigenvalue weighted by Gasteiger charge is 2.20. The Morgan fingerprint density at radius 2 is 2.47 bits per heavy atom. The number of hydrogen-bond acceptors (Lipinski definition) is 3. The maximum absolute atomic E-state index is 12.9. The largest absolute Gasteiger partial charge is 0.311 e. The van der Waals surface area contributed by atoms with Crippen LogP contribution in [-0.2, 0) is 6.54 Å². The number of rotatable bonds is 5. The lowest BCUT2D eigenvalue weighted by Gasteiger charge is -2.14. The zero-order valence-electron chi connectivity index (χ0n) is 10.0. The molecule has 1 atom stereocenters. The Balaban J connectivity index is 1.65. The molecule has 0 spiro atoms. The van der Waals surface area contributed by atoms with Gasteiger partial charge in [-0.1, -0.05) is 11.6 Å². The molecular weight excluding hydrogens is 259 g/mol. The van der Waals surface area contributed by atoms with Gasteiger partial charge in [0.05, 0.1) is 5.02 Å². The lowest BCUT2D eigenvalue weighted by atomic mass is 10.3. The third-order valence-electron chi connectivity index (χ3n) is 3.07. The van der Waals surface area contributed by atoms with Crippen LogP contribution in [0, 0.1) is 6.92 Å². The van der Waals surface area contributed by atoms with Gasteiger partial charge >= 0.3 is 0 Å². The minimum absolute atomic E-state index is 0.598. The van der Waals surface area contributed by atoms with Crippen LogP contribution < -0.4 is 5.32 Å². The summed E-state index contributed by atoms with van der Waals surface area (Å²) in [4.78, 5) is 3.35. The Kier molecular flexibility index (Phi) is 4.79. The van der Waals surface area contributed by atoms with E-state index in [1.165, 1.54) is 4.88 Å². The van der Waals surface area contributed by atoms with E-state index < -0.39 is 6.17 Å². The highest BCUT2D eigenvalue weighted by Crippen LogP contribution is 2.26. The summed E-state index contributed by atoms with van der Waals surface area (Å²) in [5.74, 6) is 0. The molecule has 1 aliphatic rings. The molecular formula is C12H18ClFN2S. The Labute approximate surface area is 111 Å². The summed E-state index contributed by atoms with van der Waals surface area (Å²) in [6.45, 7) is 6.13. The first-order valence-electron chi connectivity index (χ1n) is 5.96. The van der Waals surface area contributed by atoms with Crippen LogP contribution in [0.2, 0.25) is 5.02 Å². The molecule has 96 valence electrons. The first-order chi connectivity index (χ1) is 8.16. The van der Waals surface area contributed by atoms with Gasteiger partial charge in [-0.25, -0.2) is 4.39 Å². The number of thiophene rings is 1. The average Bonchev–Trinajstić information content (AvgIpc) is 2.84. The number of aryl methyl sites for hydroxylation is 1. The highest BCUT2D eigenvalue weighted by molar-refractivity contribution is 7.10. The summed E-state index contributed by atoms with van der Waals surface area (Å²) in [6, 6.07) is 0. The molecule has 1 N–H and O–H groups in total. The summed E-state index contributed by atoms with van der Waals surface area (Å²) in [5, 5.41) is 6.32. The van der Waals surface area contributed by atoms with Crippen molar-refractivity contribution in [1.29, 1.82) is 0 Å². The number of hydrogen-bond donors (Lipinski definition) is 1. The highest BCUT2D eigenvalue weighted by atomic mass is 35.5. The van der Waals surface area contributed by atoms with E-state index in [1.54, 1.807) is 11.3 Å². The van der Waals surface area contributed by atoms with Crippen LogP contribution in [0.25, 0.3) is 0 Å². The Morgan fingerprint density at radius 3 is 3.06 bits per heavy atom. The molecule has 1 aromatic rings. The van der Waals surface area contributed by atoms with Gasteiger partial charge in [0.2, 0.25) is 0 Å². The van der Waals surface area contributed by atoms with Gasteiger partial charge < -0.3 is 5.32 Å². The molecule has 0 radical (unpaired) electrons. The number of nitrogens with zero attached hydrogens (tertiary/aromatic N) is 1. The second-order valence-corrected chi connectivity index (χ2v) is 5.86. The lowest BCUT2D eigenvalue weighted by molar-refractivity contribution is 0.287. The number of halogens is 2. The average molecular weight is 277 g/mol. The third-order valence-corrected chi connectivity index (χ3v) is 4.82. The molecule has 2 nitrogen and oxygen atoms in total. The molecule has 2 rings (SSSR count). The van der Waals surface area contributed by atoms with Gasteiger partial charge in [0.25, 0.3) is 0 Å². The molecule has 0 saturated carbocycles. The second-order valence-electron chi connectivity index (χ2n) is 4.52.